The molecule has 1 aromatic heterocycles. The first kappa shape index (κ1) is 35.0. The lowest BCUT2D eigenvalue weighted by Gasteiger charge is -2.42. The Hall–Kier alpha value is -4.02. The van der Waals surface area contributed by atoms with Gasteiger partial charge in [0, 0.05) is 81.5 Å². The smallest absolute Gasteiger partial charge is 0.318 e. The van der Waals surface area contributed by atoms with Gasteiger partial charge in [0.05, 0.1) is 54.5 Å². The zero-order chi connectivity index (χ0) is 35.7. The molecular weight excluding hydrogens is 683 g/mol. The molecule has 5 aliphatic rings. The second kappa shape index (κ2) is 15.1. The summed E-state index contributed by atoms with van der Waals surface area (Å²) in [5, 5.41) is 12.6. The molecule has 274 valence electrons. The molecule has 0 bridgehead atoms. The van der Waals surface area contributed by atoms with Crippen LogP contribution in [0.25, 0.3) is 10.8 Å². The minimum absolute atomic E-state index is 0.0746. The van der Waals surface area contributed by atoms with Gasteiger partial charge in [-0.05, 0) is 43.3 Å². The number of morpholine rings is 1. The summed E-state index contributed by atoms with van der Waals surface area (Å²) in [5.41, 5.74) is 2.66. The number of aromatic nitrogens is 2. The lowest BCUT2D eigenvalue weighted by molar-refractivity contribution is -0.128. The van der Waals surface area contributed by atoms with Crippen molar-refractivity contribution in [1.29, 1.82) is 5.26 Å². The van der Waals surface area contributed by atoms with Crippen LogP contribution >= 0.6 is 11.6 Å². The van der Waals surface area contributed by atoms with Crippen LogP contribution < -0.4 is 14.5 Å². The largest absolute Gasteiger partial charge is 0.461 e. The standard InChI is InChI=1S/C39H46ClFN8O3/c40-32-7-1-5-28-6-2-8-34(36(28)32)46-16-11-31-33(26-46)43-38(52-27-39-12-4-15-48(39)24-29(41)23-39)44-37(31)47-17-18-49(30(25-47)10-13-42)35(50)9-3-14-45-19-21-51-22-20-45/h1-3,5-9,29-30H,4,10-12,14-27H2/b9-3+/t29-,30+,39+/m1/s1. The van der Waals surface area contributed by atoms with Gasteiger partial charge in [0.15, 0.2) is 0 Å². The highest BCUT2D eigenvalue weighted by Gasteiger charge is 2.49. The van der Waals surface area contributed by atoms with E-state index in [0.29, 0.717) is 77.0 Å². The summed E-state index contributed by atoms with van der Waals surface area (Å²) >= 11 is 6.76. The van der Waals surface area contributed by atoms with Crippen LogP contribution in [-0.2, 0) is 22.5 Å². The highest BCUT2D eigenvalue weighted by Crippen LogP contribution is 2.41. The number of rotatable bonds is 9. The molecule has 0 N–H and O–H groups in total. The molecule has 0 saturated carbocycles. The van der Waals surface area contributed by atoms with Gasteiger partial charge in [0.2, 0.25) is 5.91 Å². The van der Waals surface area contributed by atoms with Crippen LogP contribution in [0.5, 0.6) is 6.01 Å². The summed E-state index contributed by atoms with van der Waals surface area (Å²) in [4.78, 5) is 34.4. The Morgan fingerprint density at radius 2 is 1.92 bits per heavy atom. The maximum Gasteiger partial charge on any atom is 0.318 e. The van der Waals surface area contributed by atoms with E-state index in [1.165, 1.54) is 0 Å². The van der Waals surface area contributed by atoms with Crippen molar-refractivity contribution in [2.24, 2.45) is 0 Å². The number of hydrogen-bond acceptors (Lipinski definition) is 10. The highest BCUT2D eigenvalue weighted by molar-refractivity contribution is 6.36. The quantitative estimate of drug-likeness (QED) is 0.290. The molecule has 2 aromatic carbocycles. The number of halogens is 2. The van der Waals surface area contributed by atoms with Gasteiger partial charge in [-0.1, -0.05) is 41.9 Å². The van der Waals surface area contributed by atoms with Gasteiger partial charge in [-0.3, -0.25) is 14.6 Å². The minimum Gasteiger partial charge on any atom is -0.461 e. The van der Waals surface area contributed by atoms with Crippen LogP contribution in [0.2, 0.25) is 5.02 Å². The number of nitriles is 1. The van der Waals surface area contributed by atoms with Gasteiger partial charge in [-0.2, -0.15) is 15.2 Å². The van der Waals surface area contributed by atoms with E-state index in [9.17, 15) is 14.4 Å². The molecule has 1 amide bonds. The van der Waals surface area contributed by atoms with E-state index < -0.39 is 6.17 Å². The zero-order valence-corrected chi connectivity index (χ0v) is 30.3. The van der Waals surface area contributed by atoms with Gasteiger partial charge in [0.25, 0.3) is 0 Å². The van der Waals surface area contributed by atoms with Crippen molar-refractivity contribution < 1.29 is 18.7 Å². The number of alkyl halides is 1. The van der Waals surface area contributed by atoms with Crippen LogP contribution in [0.3, 0.4) is 0 Å². The molecule has 13 heteroatoms. The molecule has 0 radical (unpaired) electrons. The molecule has 3 aromatic rings. The molecule has 6 heterocycles. The van der Waals surface area contributed by atoms with Crippen molar-refractivity contribution in [3.05, 3.63) is 64.8 Å². The zero-order valence-electron chi connectivity index (χ0n) is 29.6. The normalized spacial score (nSPS) is 25.4. The lowest BCUT2D eigenvalue weighted by atomic mass is 9.95. The fraction of sp³-hybridized carbons (Fsp3) is 0.538. The van der Waals surface area contributed by atoms with E-state index in [2.05, 4.69) is 49.9 Å². The number of amides is 1. The van der Waals surface area contributed by atoms with E-state index in [-0.39, 0.29) is 29.9 Å². The van der Waals surface area contributed by atoms with Crippen molar-refractivity contribution in [2.75, 3.05) is 88.5 Å². The van der Waals surface area contributed by atoms with E-state index in [0.717, 1.165) is 72.6 Å². The summed E-state index contributed by atoms with van der Waals surface area (Å²) in [6, 6.07) is 14.5. The Kier molecular flexibility index (Phi) is 10.2. The Morgan fingerprint density at radius 3 is 2.77 bits per heavy atom. The third-order valence-electron chi connectivity index (χ3n) is 11.5. The van der Waals surface area contributed by atoms with Gasteiger partial charge < -0.3 is 24.2 Å². The van der Waals surface area contributed by atoms with Crippen molar-refractivity contribution in [3.8, 4) is 12.1 Å². The van der Waals surface area contributed by atoms with Gasteiger partial charge in [-0.15, -0.1) is 0 Å². The molecule has 52 heavy (non-hydrogen) atoms. The second-order valence-corrected chi connectivity index (χ2v) is 15.1. The monoisotopic (exact) mass is 728 g/mol. The number of fused-ring (bicyclic) bond motifs is 3. The van der Waals surface area contributed by atoms with E-state index in [4.69, 9.17) is 31.0 Å². The van der Waals surface area contributed by atoms with Crippen LogP contribution in [-0.4, -0.2) is 127 Å². The maximum atomic E-state index is 14.6. The van der Waals surface area contributed by atoms with E-state index in [1.54, 1.807) is 6.08 Å². The molecule has 3 atom stereocenters. The van der Waals surface area contributed by atoms with Gasteiger partial charge in [-0.25, -0.2) is 4.39 Å². The fourth-order valence-electron chi connectivity index (χ4n) is 8.91. The number of benzene rings is 2. The first-order chi connectivity index (χ1) is 25.4. The summed E-state index contributed by atoms with van der Waals surface area (Å²) in [6.07, 6.45) is 6.03. The number of ether oxygens (including phenoxy) is 2. The number of nitrogens with zero attached hydrogens (tertiary/aromatic N) is 8. The number of piperazine rings is 1. The molecule has 4 saturated heterocycles. The SMILES string of the molecule is N#CC[C@H]1CN(c2nc(OC[C@@]34CCCN3C[C@H](F)C4)nc3c2CCN(c2cccc4cccc(Cl)c24)C3)CCN1C(=O)/C=C/CN1CCOCC1. The number of anilines is 2. The summed E-state index contributed by atoms with van der Waals surface area (Å²) in [5.74, 6) is 0.721. The minimum atomic E-state index is -0.852. The molecule has 0 spiro atoms. The summed E-state index contributed by atoms with van der Waals surface area (Å²) in [6.45, 7) is 8.30. The Labute approximate surface area is 309 Å². The Morgan fingerprint density at radius 1 is 1.08 bits per heavy atom. The molecule has 0 aliphatic carbocycles. The van der Waals surface area contributed by atoms with Crippen molar-refractivity contribution >= 4 is 39.8 Å². The number of carbonyl (C=O) groups excluding carboxylic acids is 1. The fourth-order valence-corrected chi connectivity index (χ4v) is 9.19. The van der Waals surface area contributed by atoms with Crippen molar-refractivity contribution in [1.82, 2.24) is 24.7 Å². The van der Waals surface area contributed by atoms with Gasteiger partial charge in [0.1, 0.15) is 18.6 Å². The van der Waals surface area contributed by atoms with E-state index >= 15 is 0 Å². The third-order valence-corrected chi connectivity index (χ3v) is 11.9. The van der Waals surface area contributed by atoms with Crippen LogP contribution in [0, 0.1) is 11.3 Å². The predicted octanol–water partition coefficient (Wildman–Crippen LogP) is 4.62. The number of carbonyl (C=O) groups is 1. The lowest BCUT2D eigenvalue weighted by Crippen LogP contribution is -2.55. The number of hydrogen-bond donors (Lipinski definition) is 0. The first-order valence-corrected chi connectivity index (χ1v) is 19.0. The van der Waals surface area contributed by atoms with Crippen LogP contribution in [0.1, 0.15) is 36.9 Å². The molecule has 0 unspecified atom stereocenters. The van der Waals surface area contributed by atoms with Crippen molar-refractivity contribution in [3.63, 3.8) is 0 Å². The predicted molar refractivity (Wildman–Crippen MR) is 199 cm³/mol. The topological polar surface area (TPSA) is 101 Å². The first-order valence-electron chi connectivity index (χ1n) is 18.6. The highest BCUT2D eigenvalue weighted by atomic mass is 35.5. The average molecular weight is 729 g/mol. The van der Waals surface area contributed by atoms with Crippen LogP contribution in [0.15, 0.2) is 48.6 Å². The molecular formula is C39H46ClFN8O3. The van der Waals surface area contributed by atoms with Crippen LogP contribution in [0.4, 0.5) is 15.9 Å². The Balaban J connectivity index is 1.06. The molecule has 8 rings (SSSR count). The van der Waals surface area contributed by atoms with Crippen molar-refractivity contribution in [2.45, 2.75) is 56.4 Å². The molecule has 5 aliphatic heterocycles. The Bertz CT molecular complexity index is 1860. The third kappa shape index (κ3) is 7.04. The maximum absolute atomic E-state index is 14.6. The van der Waals surface area contributed by atoms with E-state index in [1.807, 2.05) is 23.1 Å². The summed E-state index contributed by atoms with van der Waals surface area (Å²) in [7, 11) is 0. The second-order valence-electron chi connectivity index (χ2n) is 14.7. The molecule has 11 nitrogen and oxygen atoms in total. The average Bonchev–Trinajstić information content (AvgIpc) is 3.69. The van der Waals surface area contributed by atoms with Gasteiger partial charge >= 0.3 is 6.01 Å². The molecule has 4 fully saturated rings. The summed E-state index contributed by atoms with van der Waals surface area (Å²) < 4.78 is 26.5.